The summed E-state index contributed by atoms with van der Waals surface area (Å²) >= 11 is 0. The highest BCUT2D eigenvalue weighted by molar-refractivity contribution is 5.40. The van der Waals surface area contributed by atoms with E-state index in [-0.39, 0.29) is 5.57 Å². The Morgan fingerprint density at radius 2 is 1.95 bits per heavy atom. The molecule has 0 amide bonds. The molecule has 0 aliphatic carbocycles. The number of rotatable bonds is 7. The molecule has 19 heavy (non-hydrogen) atoms. The molecule has 0 aromatic carbocycles. The van der Waals surface area contributed by atoms with E-state index in [4.69, 9.17) is 0 Å². The topological polar surface area (TPSA) is 32.3 Å². The highest BCUT2D eigenvalue weighted by Gasteiger charge is 2.55. The van der Waals surface area contributed by atoms with Gasteiger partial charge in [0, 0.05) is 6.54 Å². The van der Waals surface area contributed by atoms with Gasteiger partial charge in [-0.1, -0.05) is 31.7 Å². The van der Waals surface area contributed by atoms with E-state index in [1.165, 1.54) is 32.1 Å². The molecule has 0 spiro atoms. The summed E-state index contributed by atoms with van der Waals surface area (Å²) in [5, 5.41) is 12.7. The van der Waals surface area contributed by atoms with E-state index >= 15 is 0 Å². The van der Waals surface area contributed by atoms with Crippen LogP contribution >= 0.6 is 0 Å². The normalized spacial score (nSPS) is 17.2. The molecule has 0 rings (SSSR count). The molecule has 2 N–H and O–H groups in total. The van der Waals surface area contributed by atoms with Crippen LogP contribution in [-0.4, -0.2) is 30.0 Å². The molecule has 5 heteroatoms. The lowest BCUT2D eigenvalue weighted by Gasteiger charge is -2.33. The SMILES string of the molecule is C=C/C=C(C)/C(=C\C)C(O)(CNCCC)C(F)(F)F. The molecule has 0 aliphatic rings. The van der Waals surface area contributed by atoms with Crippen LogP contribution in [0.5, 0.6) is 0 Å². The first kappa shape index (κ1) is 17.9. The summed E-state index contributed by atoms with van der Waals surface area (Å²) in [5.74, 6) is 0. The Morgan fingerprint density at radius 3 is 2.32 bits per heavy atom. The van der Waals surface area contributed by atoms with Crippen LogP contribution in [0.3, 0.4) is 0 Å². The highest BCUT2D eigenvalue weighted by atomic mass is 19.4. The highest BCUT2D eigenvalue weighted by Crippen LogP contribution is 2.38. The summed E-state index contributed by atoms with van der Waals surface area (Å²) in [6.45, 7) is 8.15. The van der Waals surface area contributed by atoms with Gasteiger partial charge in [-0.15, -0.1) is 0 Å². The van der Waals surface area contributed by atoms with E-state index in [1.54, 1.807) is 0 Å². The van der Waals surface area contributed by atoms with Crippen LogP contribution in [0.2, 0.25) is 0 Å². The van der Waals surface area contributed by atoms with Crippen molar-refractivity contribution in [3.05, 3.63) is 36.0 Å². The van der Waals surface area contributed by atoms with E-state index in [0.717, 1.165) is 0 Å². The van der Waals surface area contributed by atoms with Gasteiger partial charge >= 0.3 is 6.18 Å². The largest absolute Gasteiger partial charge is 0.422 e. The van der Waals surface area contributed by atoms with Crippen molar-refractivity contribution in [2.45, 2.75) is 39.0 Å². The second-order valence-corrected chi connectivity index (χ2v) is 4.32. The standard InChI is InChI=1S/C14H22F3NO/c1-5-8-11(4)12(7-3)13(19,14(15,16)17)10-18-9-6-2/h5,7-8,18-19H,1,6,9-10H2,2-4H3/b11-8+,12-7+. The predicted molar refractivity (Wildman–Crippen MR) is 71.9 cm³/mol. The van der Waals surface area contributed by atoms with Gasteiger partial charge in [-0.3, -0.25) is 0 Å². The molecule has 0 aliphatic heterocycles. The summed E-state index contributed by atoms with van der Waals surface area (Å²) in [6.07, 6.45) is 0.0872. The van der Waals surface area contributed by atoms with Crippen LogP contribution < -0.4 is 5.32 Å². The van der Waals surface area contributed by atoms with Crippen molar-refractivity contribution in [1.82, 2.24) is 5.32 Å². The minimum Gasteiger partial charge on any atom is -0.375 e. The third-order valence-electron chi connectivity index (χ3n) is 2.80. The molecule has 0 aromatic heterocycles. The molecule has 0 heterocycles. The molecular weight excluding hydrogens is 255 g/mol. The number of nitrogens with one attached hydrogen (secondary N) is 1. The third kappa shape index (κ3) is 4.51. The Labute approximate surface area is 112 Å². The Bertz CT molecular complexity index is 358. The Kier molecular flexibility index (Phi) is 7.08. The third-order valence-corrected chi connectivity index (χ3v) is 2.80. The molecule has 110 valence electrons. The number of hydrogen-bond donors (Lipinski definition) is 2. The lowest BCUT2D eigenvalue weighted by Crippen LogP contribution is -2.54. The maximum Gasteiger partial charge on any atom is 0.422 e. The molecule has 0 radical (unpaired) electrons. The number of hydrogen-bond acceptors (Lipinski definition) is 2. The van der Waals surface area contributed by atoms with Gasteiger partial charge in [-0.05, 0) is 38.0 Å². The van der Waals surface area contributed by atoms with E-state index in [2.05, 4.69) is 11.9 Å². The van der Waals surface area contributed by atoms with Gasteiger partial charge < -0.3 is 10.4 Å². The van der Waals surface area contributed by atoms with Crippen molar-refractivity contribution in [2.24, 2.45) is 0 Å². The summed E-state index contributed by atoms with van der Waals surface area (Å²) < 4.78 is 39.6. The zero-order chi connectivity index (χ0) is 15.1. The molecule has 1 unspecified atom stereocenters. The molecule has 2 nitrogen and oxygen atoms in total. The average molecular weight is 277 g/mol. The monoisotopic (exact) mass is 277 g/mol. The predicted octanol–water partition coefficient (Wildman–Crippen LogP) is 3.36. The summed E-state index contributed by atoms with van der Waals surface area (Å²) in [4.78, 5) is 0. The summed E-state index contributed by atoms with van der Waals surface area (Å²) in [5.41, 5.74) is -2.69. The molecule has 0 saturated heterocycles. The van der Waals surface area contributed by atoms with Gasteiger partial charge in [0.2, 0.25) is 0 Å². The second kappa shape index (κ2) is 7.50. The average Bonchev–Trinajstić information content (AvgIpc) is 2.29. The van der Waals surface area contributed by atoms with Crippen molar-refractivity contribution in [3.63, 3.8) is 0 Å². The Hall–Kier alpha value is -1.07. The van der Waals surface area contributed by atoms with Crippen LogP contribution in [0.15, 0.2) is 36.0 Å². The van der Waals surface area contributed by atoms with Crippen molar-refractivity contribution >= 4 is 0 Å². The molecule has 0 saturated carbocycles. The van der Waals surface area contributed by atoms with E-state index in [1.807, 2.05) is 6.92 Å². The Morgan fingerprint density at radius 1 is 1.37 bits per heavy atom. The minimum atomic E-state index is -4.74. The van der Waals surface area contributed by atoms with Gasteiger partial charge in [-0.2, -0.15) is 13.2 Å². The van der Waals surface area contributed by atoms with Gasteiger partial charge in [-0.25, -0.2) is 0 Å². The molecule has 0 aromatic rings. The van der Waals surface area contributed by atoms with Crippen molar-refractivity contribution in [3.8, 4) is 0 Å². The van der Waals surface area contributed by atoms with Crippen LogP contribution in [0.1, 0.15) is 27.2 Å². The second-order valence-electron chi connectivity index (χ2n) is 4.32. The number of aliphatic hydroxyl groups is 1. The number of halogens is 3. The smallest absolute Gasteiger partial charge is 0.375 e. The molecule has 1 atom stereocenters. The summed E-state index contributed by atoms with van der Waals surface area (Å²) in [7, 11) is 0. The number of alkyl halides is 3. The van der Waals surface area contributed by atoms with E-state index in [0.29, 0.717) is 18.5 Å². The Balaban J connectivity index is 5.45. The van der Waals surface area contributed by atoms with Crippen LogP contribution in [0.25, 0.3) is 0 Å². The number of allylic oxidation sites excluding steroid dienone is 3. The zero-order valence-corrected chi connectivity index (χ0v) is 11.6. The summed E-state index contributed by atoms with van der Waals surface area (Å²) in [6, 6.07) is 0. The van der Waals surface area contributed by atoms with Gasteiger partial charge in [0.1, 0.15) is 0 Å². The first-order chi connectivity index (χ1) is 8.74. The minimum absolute atomic E-state index is 0.150. The van der Waals surface area contributed by atoms with E-state index in [9.17, 15) is 18.3 Å². The fourth-order valence-electron chi connectivity index (χ4n) is 1.85. The maximum atomic E-state index is 13.2. The lowest BCUT2D eigenvalue weighted by atomic mass is 9.87. The van der Waals surface area contributed by atoms with Gasteiger partial charge in [0.25, 0.3) is 0 Å². The fraction of sp³-hybridized carbons (Fsp3) is 0.571. The molecular formula is C14H22F3NO. The maximum absolute atomic E-state index is 13.2. The quantitative estimate of drug-likeness (QED) is 0.552. The van der Waals surface area contributed by atoms with Crippen molar-refractivity contribution < 1.29 is 18.3 Å². The van der Waals surface area contributed by atoms with Crippen LogP contribution in [0.4, 0.5) is 13.2 Å². The van der Waals surface area contributed by atoms with Gasteiger partial charge in [0.15, 0.2) is 5.60 Å². The van der Waals surface area contributed by atoms with Crippen molar-refractivity contribution in [2.75, 3.05) is 13.1 Å². The van der Waals surface area contributed by atoms with Gasteiger partial charge in [0.05, 0.1) is 0 Å². The molecule has 0 fully saturated rings. The lowest BCUT2D eigenvalue weighted by molar-refractivity contribution is -0.241. The van der Waals surface area contributed by atoms with Crippen LogP contribution in [0, 0.1) is 0 Å². The van der Waals surface area contributed by atoms with Crippen molar-refractivity contribution in [1.29, 1.82) is 0 Å². The van der Waals surface area contributed by atoms with Crippen LogP contribution in [-0.2, 0) is 0 Å². The first-order valence-electron chi connectivity index (χ1n) is 6.20. The fourth-order valence-corrected chi connectivity index (χ4v) is 1.85. The van der Waals surface area contributed by atoms with E-state index < -0.39 is 18.3 Å². The zero-order valence-electron chi connectivity index (χ0n) is 11.6. The first-order valence-corrected chi connectivity index (χ1v) is 6.20. The molecule has 0 bridgehead atoms.